The van der Waals surface area contributed by atoms with E-state index in [1.165, 1.54) is 13.1 Å². The number of hydrogen-bond donors (Lipinski definition) is 1. The Kier molecular flexibility index (Phi) is 4.49. The van der Waals surface area contributed by atoms with Crippen LogP contribution < -0.4 is 0 Å². The van der Waals surface area contributed by atoms with Crippen molar-refractivity contribution in [1.82, 2.24) is 19.7 Å². The predicted octanol–water partition coefficient (Wildman–Crippen LogP) is 4.27. The summed E-state index contributed by atoms with van der Waals surface area (Å²) in [5.41, 5.74) is 0.831. The van der Waals surface area contributed by atoms with Crippen LogP contribution in [0.5, 0.6) is 5.75 Å². The fourth-order valence-electron chi connectivity index (χ4n) is 3.60. The lowest BCUT2D eigenvalue weighted by atomic mass is 10.0. The Labute approximate surface area is 159 Å². The molecule has 1 aliphatic heterocycles. The van der Waals surface area contributed by atoms with Gasteiger partial charge in [-0.1, -0.05) is 0 Å². The zero-order chi connectivity index (χ0) is 20.1. The van der Waals surface area contributed by atoms with Gasteiger partial charge in [0.05, 0.1) is 35.8 Å². The summed E-state index contributed by atoms with van der Waals surface area (Å²) in [5, 5.41) is 14.7. The molecule has 0 radical (unpaired) electrons. The smallest absolute Gasteiger partial charge is 0.416 e. The number of aromatic nitrogens is 4. The van der Waals surface area contributed by atoms with Crippen molar-refractivity contribution in [2.45, 2.75) is 45.0 Å². The van der Waals surface area contributed by atoms with E-state index in [0.29, 0.717) is 23.8 Å². The van der Waals surface area contributed by atoms with Crippen molar-refractivity contribution in [3.63, 3.8) is 0 Å². The Bertz CT molecular complexity index is 1010. The minimum atomic E-state index is -4.53. The largest absolute Gasteiger partial charge is 0.507 e. The van der Waals surface area contributed by atoms with E-state index in [0.717, 1.165) is 18.9 Å². The molecule has 0 saturated carbocycles. The Morgan fingerprint density at radius 3 is 2.75 bits per heavy atom. The van der Waals surface area contributed by atoms with Gasteiger partial charge in [-0.15, -0.1) is 0 Å². The first-order valence-electron chi connectivity index (χ1n) is 8.97. The zero-order valence-electron chi connectivity index (χ0n) is 15.4. The highest BCUT2D eigenvalue weighted by Gasteiger charge is 2.32. The van der Waals surface area contributed by atoms with E-state index in [9.17, 15) is 18.3 Å². The van der Waals surface area contributed by atoms with E-state index in [2.05, 4.69) is 15.1 Å². The molecular weight excluding hydrogens is 373 g/mol. The van der Waals surface area contributed by atoms with Gasteiger partial charge in [0, 0.05) is 12.2 Å². The van der Waals surface area contributed by atoms with Gasteiger partial charge in [-0.2, -0.15) is 18.3 Å². The van der Waals surface area contributed by atoms with Crippen molar-refractivity contribution < 1.29 is 23.0 Å². The molecule has 1 N–H and O–H groups in total. The lowest BCUT2D eigenvalue weighted by Crippen LogP contribution is -2.25. The molecule has 0 amide bonds. The second-order valence-electron chi connectivity index (χ2n) is 7.12. The van der Waals surface area contributed by atoms with Gasteiger partial charge in [0.1, 0.15) is 11.3 Å². The molecule has 9 heteroatoms. The van der Waals surface area contributed by atoms with Gasteiger partial charge in [-0.25, -0.2) is 9.97 Å². The maximum Gasteiger partial charge on any atom is 0.416 e. The van der Waals surface area contributed by atoms with Crippen molar-refractivity contribution in [3.8, 4) is 17.0 Å². The summed E-state index contributed by atoms with van der Waals surface area (Å²) in [7, 11) is 0. The van der Waals surface area contributed by atoms with E-state index in [-0.39, 0.29) is 29.0 Å². The minimum Gasteiger partial charge on any atom is -0.507 e. The van der Waals surface area contributed by atoms with Crippen LogP contribution >= 0.6 is 0 Å². The first-order chi connectivity index (χ1) is 13.2. The van der Waals surface area contributed by atoms with Crippen LogP contribution in [0, 0.1) is 6.92 Å². The molecule has 1 fully saturated rings. The summed E-state index contributed by atoms with van der Waals surface area (Å²) in [5.74, 6) is -0.487. The lowest BCUT2D eigenvalue weighted by Gasteiger charge is -2.27. The Morgan fingerprint density at radius 2 is 2.07 bits per heavy atom. The predicted molar refractivity (Wildman–Crippen MR) is 95.8 cm³/mol. The van der Waals surface area contributed by atoms with Gasteiger partial charge in [0.2, 0.25) is 0 Å². The van der Waals surface area contributed by atoms with E-state index < -0.39 is 17.5 Å². The summed E-state index contributed by atoms with van der Waals surface area (Å²) in [4.78, 5) is 8.76. The number of ether oxygens (including phenoxy) is 1. The lowest BCUT2D eigenvalue weighted by molar-refractivity contribution is -0.137. The number of aryl methyl sites for hydroxylation is 1. The average molecular weight is 392 g/mol. The third kappa shape index (κ3) is 3.42. The molecule has 2 atom stereocenters. The molecule has 0 unspecified atom stereocenters. The van der Waals surface area contributed by atoms with Gasteiger partial charge < -0.3 is 9.84 Å². The van der Waals surface area contributed by atoms with Crippen LogP contribution in [0.4, 0.5) is 13.2 Å². The normalized spacial score (nSPS) is 20.6. The molecule has 1 saturated heterocycles. The molecule has 1 aromatic carbocycles. The fraction of sp³-hybridized carbons (Fsp3) is 0.421. The Morgan fingerprint density at radius 1 is 1.29 bits per heavy atom. The maximum atomic E-state index is 12.9. The minimum absolute atomic E-state index is 0.147. The summed E-state index contributed by atoms with van der Waals surface area (Å²) in [6, 6.07) is 1.88. The van der Waals surface area contributed by atoms with Gasteiger partial charge >= 0.3 is 6.18 Å². The molecule has 3 aromatic rings. The quantitative estimate of drug-likeness (QED) is 0.705. The van der Waals surface area contributed by atoms with Crippen LogP contribution in [-0.2, 0) is 10.9 Å². The number of aromatic hydroxyl groups is 1. The number of rotatable bonds is 2. The van der Waals surface area contributed by atoms with Gasteiger partial charge in [0.25, 0.3) is 0 Å². The highest BCUT2D eigenvalue weighted by atomic mass is 19.4. The molecule has 148 valence electrons. The average Bonchev–Trinajstić information content (AvgIpc) is 3.04. The molecule has 4 rings (SSSR count). The SMILES string of the molecule is Cc1cc(C(F)(F)F)cc(O)c1-c1cnc2cn([C@H]3CCO[C@H](C)C3)nc2n1. The summed E-state index contributed by atoms with van der Waals surface area (Å²) < 4.78 is 46.2. The molecule has 6 nitrogen and oxygen atoms in total. The fourth-order valence-corrected chi connectivity index (χ4v) is 3.60. The van der Waals surface area contributed by atoms with Crippen LogP contribution in [-0.4, -0.2) is 37.6 Å². The maximum absolute atomic E-state index is 12.9. The van der Waals surface area contributed by atoms with Gasteiger partial charge in [-0.05, 0) is 44.4 Å². The first-order valence-corrected chi connectivity index (χ1v) is 8.97. The van der Waals surface area contributed by atoms with Crippen LogP contribution in [0.15, 0.2) is 24.5 Å². The van der Waals surface area contributed by atoms with E-state index in [1.54, 1.807) is 0 Å². The molecule has 0 bridgehead atoms. The highest BCUT2D eigenvalue weighted by Crippen LogP contribution is 2.38. The van der Waals surface area contributed by atoms with Crippen molar-refractivity contribution >= 4 is 11.2 Å². The number of alkyl halides is 3. The summed E-state index contributed by atoms with van der Waals surface area (Å²) >= 11 is 0. The van der Waals surface area contributed by atoms with Crippen molar-refractivity contribution in [2.24, 2.45) is 0 Å². The second kappa shape index (κ2) is 6.73. The molecule has 1 aliphatic rings. The molecular formula is C19H19F3N4O2. The topological polar surface area (TPSA) is 73.1 Å². The van der Waals surface area contributed by atoms with Crippen molar-refractivity contribution in [1.29, 1.82) is 0 Å². The van der Waals surface area contributed by atoms with E-state index in [1.807, 2.05) is 17.8 Å². The number of phenolic OH excluding ortho intramolecular Hbond substituents is 1. The van der Waals surface area contributed by atoms with Crippen molar-refractivity contribution in [2.75, 3.05) is 6.61 Å². The highest BCUT2D eigenvalue weighted by molar-refractivity contribution is 5.77. The Balaban J connectivity index is 1.72. The number of benzene rings is 1. The van der Waals surface area contributed by atoms with Gasteiger partial charge in [0.15, 0.2) is 5.65 Å². The van der Waals surface area contributed by atoms with E-state index >= 15 is 0 Å². The number of halogens is 3. The molecule has 28 heavy (non-hydrogen) atoms. The standard InChI is InChI=1S/C19H19F3N4O2/c1-10-5-12(19(20,21)22)7-16(27)17(10)14-8-23-15-9-26(25-18(15)24-14)13-3-4-28-11(2)6-13/h5,7-9,11,13,27H,3-4,6H2,1-2H3/t11-,13+/m1/s1. The van der Waals surface area contributed by atoms with Crippen LogP contribution in [0.25, 0.3) is 22.4 Å². The third-order valence-electron chi connectivity index (χ3n) is 4.98. The Hall–Kier alpha value is -2.68. The number of hydrogen-bond acceptors (Lipinski definition) is 5. The number of phenols is 1. The molecule has 0 aliphatic carbocycles. The number of fused-ring (bicyclic) bond motifs is 1. The summed E-state index contributed by atoms with van der Waals surface area (Å²) in [6.07, 6.45) is 0.541. The zero-order valence-corrected chi connectivity index (χ0v) is 15.4. The van der Waals surface area contributed by atoms with E-state index in [4.69, 9.17) is 4.74 Å². The molecule has 2 aromatic heterocycles. The van der Waals surface area contributed by atoms with Crippen molar-refractivity contribution in [3.05, 3.63) is 35.7 Å². The van der Waals surface area contributed by atoms with Gasteiger partial charge in [-0.3, -0.25) is 4.68 Å². The summed E-state index contributed by atoms with van der Waals surface area (Å²) in [6.45, 7) is 4.17. The molecule has 0 spiro atoms. The number of nitrogens with zero attached hydrogens (tertiary/aromatic N) is 4. The first kappa shape index (κ1) is 18.7. The second-order valence-corrected chi connectivity index (χ2v) is 7.12. The van der Waals surface area contributed by atoms with Crippen LogP contribution in [0.1, 0.15) is 36.9 Å². The monoisotopic (exact) mass is 392 g/mol. The van der Waals surface area contributed by atoms with Crippen LogP contribution in [0.3, 0.4) is 0 Å². The van der Waals surface area contributed by atoms with Crippen LogP contribution in [0.2, 0.25) is 0 Å². The third-order valence-corrected chi connectivity index (χ3v) is 4.98. The molecule has 3 heterocycles.